The summed E-state index contributed by atoms with van der Waals surface area (Å²) in [5.74, 6) is 2.06. The van der Waals surface area contributed by atoms with Gasteiger partial charge in [0.25, 0.3) is 0 Å². The number of likely N-dealkylation sites (tertiary alicyclic amines) is 1. The minimum atomic E-state index is -3.52. The van der Waals surface area contributed by atoms with E-state index in [0.717, 1.165) is 55.9 Å². The molecule has 0 bridgehead atoms. The SMILES string of the molecule is COCCN1CCC(c2cc(OC(C)C)c(Nc3nc(Nc4ccccc4S(=O)(=O)C(C)C)c4cc[nH]c4n3)cc2C)CC1. The number of fused-ring (bicyclic) bond motifs is 1. The molecule has 0 radical (unpaired) electrons. The number of aromatic nitrogens is 3. The zero-order valence-electron chi connectivity index (χ0n) is 26.5. The van der Waals surface area contributed by atoms with Crippen LogP contribution in [0.4, 0.5) is 23.1 Å². The van der Waals surface area contributed by atoms with E-state index < -0.39 is 15.1 Å². The summed E-state index contributed by atoms with van der Waals surface area (Å²) < 4.78 is 37.8. The first kappa shape index (κ1) is 31.7. The Labute approximate surface area is 260 Å². The first-order chi connectivity index (χ1) is 21.1. The Hall–Kier alpha value is -3.67. The van der Waals surface area contributed by atoms with Crippen molar-refractivity contribution in [1.29, 1.82) is 0 Å². The maximum Gasteiger partial charge on any atom is 0.231 e. The van der Waals surface area contributed by atoms with Crippen molar-refractivity contribution >= 4 is 44.0 Å². The fraction of sp³-hybridized carbons (Fsp3) is 0.455. The van der Waals surface area contributed by atoms with Gasteiger partial charge in [-0.25, -0.2) is 8.42 Å². The second kappa shape index (κ2) is 13.5. The molecule has 1 aliphatic rings. The van der Waals surface area contributed by atoms with Gasteiger partial charge in [-0.15, -0.1) is 0 Å². The largest absolute Gasteiger partial charge is 0.489 e. The number of methoxy groups -OCH3 is 1. The molecule has 10 nitrogen and oxygen atoms in total. The molecule has 0 unspecified atom stereocenters. The maximum atomic E-state index is 13.1. The molecule has 0 aliphatic carbocycles. The smallest absolute Gasteiger partial charge is 0.231 e. The lowest BCUT2D eigenvalue weighted by atomic mass is 9.86. The van der Waals surface area contributed by atoms with Gasteiger partial charge in [-0.2, -0.15) is 9.97 Å². The Bertz CT molecular complexity index is 1690. The predicted octanol–water partition coefficient (Wildman–Crippen LogP) is 6.55. The van der Waals surface area contributed by atoms with Crippen LogP contribution in [0, 0.1) is 6.92 Å². The van der Waals surface area contributed by atoms with Gasteiger partial charge in [0.2, 0.25) is 5.95 Å². The van der Waals surface area contributed by atoms with Crippen LogP contribution in [-0.2, 0) is 14.6 Å². The topological polar surface area (TPSA) is 121 Å². The van der Waals surface area contributed by atoms with Gasteiger partial charge in [-0.05, 0) is 108 Å². The lowest BCUT2D eigenvalue weighted by molar-refractivity contribution is 0.130. The molecule has 1 aliphatic heterocycles. The van der Waals surface area contributed by atoms with Crippen molar-refractivity contribution in [2.45, 2.75) is 69.6 Å². The minimum absolute atomic E-state index is 0.0227. The molecule has 2 aromatic carbocycles. The van der Waals surface area contributed by atoms with E-state index in [1.54, 1.807) is 51.4 Å². The summed E-state index contributed by atoms with van der Waals surface area (Å²) in [5.41, 5.74) is 4.35. The number of hydrogen-bond acceptors (Lipinski definition) is 9. The van der Waals surface area contributed by atoms with Crippen molar-refractivity contribution in [3.05, 3.63) is 59.8 Å². The number of aryl methyl sites for hydroxylation is 1. The number of rotatable bonds is 12. The minimum Gasteiger partial charge on any atom is -0.489 e. The summed E-state index contributed by atoms with van der Waals surface area (Å²) in [6.45, 7) is 13.4. The number of ether oxygens (including phenoxy) is 2. The Balaban J connectivity index is 1.46. The molecule has 4 aromatic rings. The summed E-state index contributed by atoms with van der Waals surface area (Å²) in [4.78, 5) is 15.4. The highest BCUT2D eigenvalue weighted by Crippen LogP contribution is 2.38. The van der Waals surface area contributed by atoms with E-state index in [4.69, 9.17) is 19.4 Å². The van der Waals surface area contributed by atoms with Crippen LogP contribution in [0.15, 0.2) is 53.6 Å². The molecule has 0 saturated carbocycles. The fourth-order valence-corrected chi connectivity index (χ4v) is 6.89. The number of hydrogen-bond donors (Lipinski definition) is 3. The number of anilines is 4. The van der Waals surface area contributed by atoms with Gasteiger partial charge < -0.3 is 30.0 Å². The summed E-state index contributed by atoms with van der Waals surface area (Å²) in [7, 11) is -1.77. The van der Waals surface area contributed by atoms with Crippen LogP contribution >= 0.6 is 0 Å². The standard InChI is InChI=1S/C33H44N6O4S/c1-21(2)43-29-20-26(24-12-15-39(16-13-24)17-18-42-6)23(5)19-28(29)36-33-37-31-25(11-14-34-31)32(38-33)35-27-9-7-8-10-30(27)44(40,41)22(3)4/h7-11,14,19-22,24H,12-13,15-18H2,1-6H3,(H3,34,35,36,37,38). The number of nitrogens with zero attached hydrogens (tertiary/aromatic N) is 3. The highest BCUT2D eigenvalue weighted by molar-refractivity contribution is 7.92. The Morgan fingerprint density at radius 1 is 1.02 bits per heavy atom. The molecule has 44 heavy (non-hydrogen) atoms. The Morgan fingerprint density at radius 3 is 2.48 bits per heavy atom. The Morgan fingerprint density at radius 2 is 1.77 bits per heavy atom. The molecule has 5 rings (SSSR count). The first-order valence-corrected chi connectivity index (χ1v) is 16.9. The van der Waals surface area contributed by atoms with Gasteiger partial charge in [0, 0.05) is 19.9 Å². The fourth-order valence-electron chi connectivity index (χ4n) is 5.69. The molecule has 1 fully saturated rings. The number of sulfone groups is 1. The van der Waals surface area contributed by atoms with E-state index in [1.807, 2.05) is 19.9 Å². The van der Waals surface area contributed by atoms with E-state index in [-0.39, 0.29) is 11.0 Å². The molecule has 1 saturated heterocycles. The molecule has 0 atom stereocenters. The third-order valence-corrected chi connectivity index (χ3v) is 10.3. The van der Waals surface area contributed by atoms with Gasteiger partial charge in [-0.3, -0.25) is 0 Å². The van der Waals surface area contributed by atoms with E-state index in [0.29, 0.717) is 29.0 Å². The summed E-state index contributed by atoms with van der Waals surface area (Å²) in [6, 6.07) is 13.1. The van der Waals surface area contributed by atoms with E-state index in [1.165, 1.54) is 11.1 Å². The molecule has 236 valence electrons. The predicted molar refractivity (Wildman–Crippen MR) is 176 cm³/mol. The summed E-state index contributed by atoms with van der Waals surface area (Å²) in [5, 5.41) is 6.87. The molecule has 3 heterocycles. The van der Waals surface area contributed by atoms with Crippen molar-refractivity contribution in [2.75, 3.05) is 44.0 Å². The van der Waals surface area contributed by atoms with Crippen LogP contribution < -0.4 is 15.4 Å². The second-order valence-corrected chi connectivity index (χ2v) is 14.4. The van der Waals surface area contributed by atoms with Crippen molar-refractivity contribution in [1.82, 2.24) is 19.9 Å². The van der Waals surface area contributed by atoms with Crippen LogP contribution in [0.5, 0.6) is 5.75 Å². The number of nitrogens with one attached hydrogen (secondary N) is 3. The lowest BCUT2D eigenvalue weighted by Crippen LogP contribution is -2.35. The summed E-state index contributed by atoms with van der Waals surface area (Å²) >= 11 is 0. The molecular weight excluding hydrogens is 576 g/mol. The highest BCUT2D eigenvalue weighted by Gasteiger charge is 2.25. The lowest BCUT2D eigenvalue weighted by Gasteiger charge is -2.33. The Kier molecular flexibility index (Phi) is 9.77. The molecule has 11 heteroatoms. The number of piperidine rings is 1. The highest BCUT2D eigenvalue weighted by atomic mass is 32.2. The number of H-pyrrole nitrogens is 1. The van der Waals surface area contributed by atoms with Crippen molar-refractivity contribution in [3.63, 3.8) is 0 Å². The van der Waals surface area contributed by atoms with Crippen LogP contribution in [0.2, 0.25) is 0 Å². The third kappa shape index (κ3) is 7.00. The van der Waals surface area contributed by atoms with E-state index >= 15 is 0 Å². The zero-order valence-corrected chi connectivity index (χ0v) is 27.3. The van der Waals surface area contributed by atoms with E-state index in [2.05, 4.69) is 39.6 Å². The number of para-hydroxylation sites is 1. The van der Waals surface area contributed by atoms with Gasteiger partial charge in [0.05, 0.1) is 39.6 Å². The molecular formula is C33H44N6O4S. The van der Waals surface area contributed by atoms with Crippen molar-refractivity contribution in [2.24, 2.45) is 0 Å². The van der Waals surface area contributed by atoms with Crippen LogP contribution in [0.1, 0.15) is 57.6 Å². The molecule has 0 spiro atoms. The first-order valence-electron chi connectivity index (χ1n) is 15.3. The molecule has 3 N–H and O–H groups in total. The van der Waals surface area contributed by atoms with Crippen LogP contribution in [0.3, 0.4) is 0 Å². The normalized spacial score (nSPS) is 14.9. The van der Waals surface area contributed by atoms with Crippen molar-refractivity contribution in [3.8, 4) is 5.75 Å². The number of aromatic amines is 1. The van der Waals surface area contributed by atoms with Gasteiger partial charge in [0.15, 0.2) is 9.84 Å². The van der Waals surface area contributed by atoms with Crippen LogP contribution in [0.25, 0.3) is 11.0 Å². The maximum absolute atomic E-state index is 13.1. The molecule has 0 amide bonds. The van der Waals surface area contributed by atoms with Crippen molar-refractivity contribution < 1.29 is 17.9 Å². The van der Waals surface area contributed by atoms with Gasteiger partial charge in [0.1, 0.15) is 17.2 Å². The number of benzene rings is 2. The average molecular weight is 621 g/mol. The third-order valence-electron chi connectivity index (χ3n) is 8.10. The average Bonchev–Trinajstić information content (AvgIpc) is 3.47. The van der Waals surface area contributed by atoms with Gasteiger partial charge >= 0.3 is 0 Å². The van der Waals surface area contributed by atoms with E-state index in [9.17, 15) is 8.42 Å². The zero-order chi connectivity index (χ0) is 31.4. The van der Waals surface area contributed by atoms with Crippen LogP contribution in [-0.4, -0.2) is 73.0 Å². The summed E-state index contributed by atoms with van der Waals surface area (Å²) in [6.07, 6.45) is 3.95. The monoisotopic (exact) mass is 620 g/mol. The quantitative estimate of drug-likeness (QED) is 0.162. The molecule has 2 aromatic heterocycles. The second-order valence-electron chi connectivity index (χ2n) is 12.0. The van der Waals surface area contributed by atoms with Gasteiger partial charge in [-0.1, -0.05) is 12.1 Å².